The zero-order chi connectivity index (χ0) is 23.7. The van der Waals surface area contributed by atoms with Gasteiger partial charge in [-0.1, -0.05) is 40.1 Å². The Balaban J connectivity index is 1.67. The van der Waals surface area contributed by atoms with Gasteiger partial charge in [-0.3, -0.25) is 4.79 Å². The number of nitrogens with one attached hydrogen (secondary N) is 2. The largest absolute Gasteiger partial charge is 0.396 e. The first-order chi connectivity index (χ1) is 16.6. The number of carbonyl (C=O) groups excluding carboxylic acids is 1. The van der Waals surface area contributed by atoms with Crippen molar-refractivity contribution in [3.8, 4) is 0 Å². The summed E-state index contributed by atoms with van der Waals surface area (Å²) in [4.78, 5) is 17.0. The molecular formula is C24H26FN7O2. The van der Waals surface area contributed by atoms with Crippen LogP contribution >= 0.6 is 0 Å². The number of hydrogen-bond acceptors (Lipinski definition) is 8. The van der Waals surface area contributed by atoms with Gasteiger partial charge in [-0.25, -0.2) is 9.67 Å². The van der Waals surface area contributed by atoms with Crippen LogP contribution in [-0.4, -0.2) is 57.3 Å². The predicted molar refractivity (Wildman–Crippen MR) is 124 cm³/mol. The fraction of sp³-hybridized carbons (Fsp3) is 0.333. The van der Waals surface area contributed by atoms with Crippen LogP contribution in [0.3, 0.4) is 0 Å². The maximum Gasteiger partial charge on any atom is 0.176 e. The zero-order valence-electron chi connectivity index (χ0n) is 18.8. The number of aliphatic hydroxyl groups excluding tert-OH is 1. The van der Waals surface area contributed by atoms with Crippen LogP contribution in [-0.2, 0) is 17.9 Å². The van der Waals surface area contributed by atoms with Gasteiger partial charge >= 0.3 is 0 Å². The lowest BCUT2D eigenvalue weighted by molar-refractivity contribution is -0.113. The number of nitrogens with zero attached hydrogens (tertiary/aromatic N) is 5. The second-order valence-corrected chi connectivity index (χ2v) is 8.46. The molecule has 5 rings (SSSR count). The first-order valence-corrected chi connectivity index (χ1v) is 11.3. The van der Waals surface area contributed by atoms with E-state index in [0.29, 0.717) is 30.1 Å². The fourth-order valence-corrected chi connectivity index (χ4v) is 4.78. The number of hydrogen-bond donors (Lipinski definition) is 3. The van der Waals surface area contributed by atoms with Gasteiger partial charge < -0.3 is 15.7 Å². The molecule has 0 saturated carbocycles. The molecule has 2 unspecified atom stereocenters. The number of aliphatic hydroxyl groups is 1. The van der Waals surface area contributed by atoms with Gasteiger partial charge in [0.05, 0.1) is 18.7 Å². The third kappa shape index (κ3) is 3.95. The van der Waals surface area contributed by atoms with E-state index < -0.39 is 0 Å². The summed E-state index contributed by atoms with van der Waals surface area (Å²) in [6, 6.07) is 8.33. The van der Waals surface area contributed by atoms with Crippen LogP contribution in [0.2, 0.25) is 0 Å². The number of aryl methyl sites for hydroxylation is 1. The number of allylic oxidation sites excluding steroid dienone is 3. The van der Waals surface area contributed by atoms with Crippen LogP contribution in [0.15, 0.2) is 70.4 Å². The molecule has 1 aliphatic carbocycles. The topological polar surface area (TPSA) is 108 Å². The maximum absolute atomic E-state index is 14.7. The molecule has 176 valence electrons. The molecule has 9 nitrogen and oxygen atoms in total. The summed E-state index contributed by atoms with van der Waals surface area (Å²) in [5.41, 5.74) is 4.40. The standard InChI is InChI=1S/C24H26FN7O2/c1-26-11-15-3-5-16(6-4-15)19-9-17-12-29-32(25)20-10-18(34)13-27-23(21(17)20)22(19)24-28-14-30-31(24)7-2-8-33/h3-6,9-10,12,14,19,22,26-27,33H,2,7-8,11,13H2,1H3. The molecule has 1 aromatic heterocycles. The van der Waals surface area contributed by atoms with E-state index in [1.54, 1.807) is 4.68 Å². The van der Waals surface area contributed by atoms with Crippen LogP contribution in [0, 0.1) is 0 Å². The van der Waals surface area contributed by atoms with Crippen LogP contribution in [0.25, 0.3) is 0 Å². The Morgan fingerprint density at radius 2 is 2.12 bits per heavy atom. The van der Waals surface area contributed by atoms with Gasteiger partial charge in [0.1, 0.15) is 17.8 Å². The number of rotatable bonds is 7. The van der Waals surface area contributed by atoms with E-state index in [9.17, 15) is 14.4 Å². The minimum Gasteiger partial charge on any atom is -0.396 e. The molecule has 2 aromatic rings. The van der Waals surface area contributed by atoms with Gasteiger partial charge in [-0.05, 0) is 24.6 Å². The Labute approximate surface area is 196 Å². The molecule has 0 spiro atoms. The van der Waals surface area contributed by atoms with Gasteiger partial charge in [-0.2, -0.15) is 5.10 Å². The molecule has 0 saturated heterocycles. The van der Waals surface area contributed by atoms with Gasteiger partial charge in [0.2, 0.25) is 0 Å². The normalized spacial score (nSPS) is 21.6. The average Bonchev–Trinajstić information content (AvgIpc) is 3.23. The van der Waals surface area contributed by atoms with Crippen molar-refractivity contribution in [2.75, 3.05) is 20.2 Å². The second-order valence-electron chi connectivity index (χ2n) is 8.46. The number of carbonyl (C=O) groups is 1. The first-order valence-electron chi connectivity index (χ1n) is 11.3. The van der Waals surface area contributed by atoms with Crippen LogP contribution < -0.4 is 10.6 Å². The molecule has 0 radical (unpaired) electrons. The quantitative estimate of drug-likeness (QED) is 0.537. The molecule has 3 heterocycles. The molecule has 34 heavy (non-hydrogen) atoms. The molecule has 2 aliphatic heterocycles. The van der Waals surface area contributed by atoms with Crippen molar-refractivity contribution in [3.05, 3.63) is 82.2 Å². The van der Waals surface area contributed by atoms with E-state index in [-0.39, 0.29) is 41.7 Å². The molecule has 2 atom stereocenters. The smallest absolute Gasteiger partial charge is 0.176 e. The Morgan fingerprint density at radius 3 is 2.88 bits per heavy atom. The van der Waals surface area contributed by atoms with Crippen LogP contribution in [0.5, 0.6) is 0 Å². The summed E-state index contributed by atoms with van der Waals surface area (Å²) in [6.45, 7) is 1.33. The van der Waals surface area contributed by atoms with Crippen molar-refractivity contribution in [1.82, 2.24) is 30.6 Å². The van der Waals surface area contributed by atoms with Crippen molar-refractivity contribution < 1.29 is 14.4 Å². The molecular weight excluding hydrogens is 437 g/mol. The van der Waals surface area contributed by atoms with Crippen LogP contribution in [0.1, 0.15) is 35.2 Å². The zero-order valence-corrected chi connectivity index (χ0v) is 18.8. The fourth-order valence-electron chi connectivity index (χ4n) is 4.78. The number of hydrazone groups is 1. The minimum absolute atomic E-state index is 0.0330. The van der Waals surface area contributed by atoms with E-state index in [4.69, 9.17) is 0 Å². The Morgan fingerprint density at radius 1 is 1.29 bits per heavy atom. The molecule has 10 heteroatoms. The van der Waals surface area contributed by atoms with Gasteiger partial charge in [0, 0.05) is 48.5 Å². The van der Waals surface area contributed by atoms with Gasteiger partial charge in [0.15, 0.2) is 5.78 Å². The Bertz CT molecular complexity index is 1210. The third-order valence-electron chi connectivity index (χ3n) is 6.29. The summed E-state index contributed by atoms with van der Waals surface area (Å²) >= 11 is 0. The van der Waals surface area contributed by atoms with Crippen LogP contribution in [0.4, 0.5) is 4.48 Å². The summed E-state index contributed by atoms with van der Waals surface area (Å²) < 4.78 is 16.5. The Kier molecular flexibility index (Phi) is 6.08. The van der Waals surface area contributed by atoms with Crippen molar-refractivity contribution in [3.63, 3.8) is 0 Å². The predicted octanol–water partition coefficient (Wildman–Crippen LogP) is 1.68. The first kappa shape index (κ1) is 22.2. The number of halogens is 1. The van der Waals surface area contributed by atoms with E-state index >= 15 is 0 Å². The van der Waals surface area contributed by atoms with Gasteiger partial charge in [-0.15, -0.1) is 5.10 Å². The van der Waals surface area contributed by atoms with Crippen molar-refractivity contribution >= 4 is 12.0 Å². The molecule has 1 aromatic carbocycles. The van der Waals surface area contributed by atoms with Gasteiger partial charge in [0.25, 0.3) is 0 Å². The van der Waals surface area contributed by atoms with E-state index in [0.717, 1.165) is 23.2 Å². The number of benzene rings is 1. The highest BCUT2D eigenvalue weighted by Crippen LogP contribution is 2.47. The summed E-state index contributed by atoms with van der Waals surface area (Å²) in [5.74, 6) is -0.0556. The third-order valence-corrected chi connectivity index (χ3v) is 6.29. The molecule has 0 amide bonds. The second kappa shape index (κ2) is 9.32. The van der Waals surface area contributed by atoms with E-state index in [1.807, 2.05) is 7.05 Å². The van der Waals surface area contributed by atoms with E-state index in [1.165, 1.54) is 18.6 Å². The molecule has 0 bridgehead atoms. The number of aromatic nitrogens is 3. The van der Waals surface area contributed by atoms with Crippen molar-refractivity contribution in [2.45, 2.75) is 31.3 Å². The van der Waals surface area contributed by atoms with Crippen molar-refractivity contribution in [2.24, 2.45) is 5.10 Å². The SMILES string of the molecule is CNCc1ccc(C2C=C3C=NN(F)C4=CC(=O)CNC(=C34)C2c2ncnn2CCCO)cc1. The summed E-state index contributed by atoms with van der Waals surface area (Å²) in [5, 5.41) is 24.3. The minimum atomic E-state index is -0.343. The molecule has 0 fully saturated rings. The summed E-state index contributed by atoms with van der Waals surface area (Å²) in [7, 11) is 1.91. The lowest BCUT2D eigenvalue weighted by Gasteiger charge is -2.35. The lowest BCUT2D eigenvalue weighted by Crippen LogP contribution is -2.33. The van der Waals surface area contributed by atoms with Crippen molar-refractivity contribution in [1.29, 1.82) is 0 Å². The molecule has 3 aliphatic rings. The monoisotopic (exact) mass is 463 g/mol. The highest BCUT2D eigenvalue weighted by Gasteiger charge is 2.41. The average molecular weight is 464 g/mol. The highest BCUT2D eigenvalue weighted by molar-refractivity contribution is 5.97. The Hall–Kier alpha value is -3.63. The highest BCUT2D eigenvalue weighted by atomic mass is 19.2. The van der Waals surface area contributed by atoms with E-state index in [2.05, 4.69) is 56.2 Å². The number of ketones is 1. The maximum atomic E-state index is 14.7. The molecule has 3 N–H and O–H groups in total. The summed E-state index contributed by atoms with van der Waals surface area (Å²) in [6.07, 6.45) is 6.86. The lowest BCUT2D eigenvalue weighted by atomic mass is 9.74.